The summed E-state index contributed by atoms with van der Waals surface area (Å²) in [5.41, 5.74) is -0.176. The van der Waals surface area contributed by atoms with E-state index in [0.29, 0.717) is 12.0 Å². The van der Waals surface area contributed by atoms with Crippen molar-refractivity contribution in [1.82, 2.24) is 5.32 Å². The summed E-state index contributed by atoms with van der Waals surface area (Å²) >= 11 is 0. The summed E-state index contributed by atoms with van der Waals surface area (Å²) in [6.45, 7) is 4.70. The highest BCUT2D eigenvalue weighted by molar-refractivity contribution is 5.71. The second-order valence-electron chi connectivity index (χ2n) is 4.60. The highest BCUT2D eigenvalue weighted by Gasteiger charge is 2.34. The summed E-state index contributed by atoms with van der Waals surface area (Å²) in [7, 11) is 1.35. The molecule has 1 N–H and O–H groups in total. The average Bonchev–Trinajstić information content (AvgIpc) is 2.44. The highest BCUT2D eigenvalue weighted by atomic mass is 19.1. The maximum atomic E-state index is 14.1. The molecule has 0 bridgehead atoms. The standard InChI is InChI=1S/C15H22FNO2/c1-4-10-17-15(5-2,11-14(18)19-3)12-8-6-7-9-13(12)16/h6-9,17H,4-5,10-11H2,1-3H3. The second-order valence-corrected chi connectivity index (χ2v) is 4.60. The summed E-state index contributed by atoms with van der Waals surface area (Å²) in [5, 5.41) is 3.31. The van der Waals surface area contributed by atoms with Crippen LogP contribution < -0.4 is 5.32 Å². The topological polar surface area (TPSA) is 38.3 Å². The smallest absolute Gasteiger partial charge is 0.307 e. The molecule has 0 saturated carbocycles. The molecule has 0 aromatic heterocycles. The van der Waals surface area contributed by atoms with Crippen LogP contribution >= 0.6 is 0 Å². The molecule has 3 nitrogen and oxygen atoms in total. The predicted molar refractivity (Wildman–Crippen MR) is 73.3 cm³/mol. The molecule has 0 radical (unpaired) electrons. The number of benzene rings is 1. The third-order valence-corrected chi connectivity index (χ3v) is 3.38. The molecule has 1 aromatic rings. The van der Waals surface area contributed by atoms with Crippen molar-refractivity contribution in [3.8, 4) is 0 Å². The molecule has 0 amide bonds. The Morgan fingerprint density at radius 1 is 1.37 bits per heavy atom. The SMILES string of the molecule is CCCNC(CC)(CC(=O)OC)c1ccccc1F. The van der Waals surface area contributed by atoms with Gasteiger partial charge in [-0.05, 0) is 25.5 Å². The molecule has 1 rings (SSSR count). The quantitative estimate of drug-likeness (QED) is 0.772. The molecule has 19 heavy (non-hydrogen) atoms. The first-order chi connectivity index (χ1) is 9.09. The number of rotatable bonds is 7. The number of nitrogens with one attached hydrogen (secondary N) is 1. The van der Waals surface area contributed by atoms with Gasteiger partial charge < -0.3 is 10.1 Å². The first-order valence-corrected chi connectivity index (χ1v) is 6.66. The van der Waals surface area contributed by atoms with Gasteiger partial charge in [0.05, 0.1) is 19.1 Å². The zero-order valence-corrected chi connectivity index (χ0v) is 11.8. The van der Waals surface area contributed by atoms with Crippen molar-refractivity contribution >= 4 is 5.97 Å². The summed E-state index contributed by atoms with van der Waals surface area (Å²) in [5.74, 6) is -0.634. The first-order valence-electron chi connectivity index (χ1n) is 6.66. The van der Waals surface area contributed by atoms with Gasteiger partial charge in [-0.2, -0.15) is 0 Å². The normalized spacial score (nSPS) is 13.9. The molecule has 0 heterocycles. The molecule has 4 heteroatoms. The van der Waals surface area contributed by atoms with Crippen molar-refractivity contribution in [2.24, 2.45) is 0 Å². The van der Waals surface area contributed by atoms with Crippen LogP contribution in [0.2, 0.25) is 0 Å². The Balaban J connectivity index is 3.15. The van der Waals surface area contributed by atoms with Gasteiger partial charge in [-0.25, -0.2) is 4.39 Å². The van der Waals surface area contributed by atoms with Crippen LogP contribution in [0.3, 0.4) is 0 Å². The van der Waals surface area contributed by atoms with Crippen LogP contribution in [0.25, 0.3) is 0 Å². The number of hydrogen-bond acceptors (Lipinski definition) is 3. The van der Waals surface area contributed by atoms with Crippen LogP contribution in [0.5, 0.6) is 0 Å². The Kier molecular flexibility index (Phi) is 5.96. The average molecular weight is 267 g/mol. The largest absolute Gasteiger partial charge is 0.469 e. The zero-order valence-electron chi connectivity index (χ0n) is 11.8. The third-order valence-electron chi connectivity index (χ3n) is 3.38. The molecule has 1 aromatic carbocycles. The van der Waals surface area contributed by atoms with Crippen LogP contribution in [-0.2, 0) is 15.1 Å². The number of methoxy groups -OCH3 is 1. The monoisotopic (exact) mass is 267 g/mol. The molecule has 0 fully saturated rings. The minimum Gasteiger partial charge on any atom is -0.469 e. The lowest BCUT2D eigenvalue weighted by Crippen LogP contribution is -2.45. The van der Waals surface area contributed by atoms with Gasteiger partial charge in [-0.3, -0.25) is 4.79 Å². The van der Waals surface area contributed by atoms with Crippen molar-refractivity contribution in [1.29, 1.82) is 0 Å². The van der Waals surface area contributed by atoms with Crippen molar-refractivity contribution in [3.05, 3.63) is 35.6 Å². The Bertz CT molecular complexity index is 422. The van der Waals surface area contributed by atoms with E-state index in [1.165, 1.54) is 13.2 Å². The van der Waals surface area contributed by atoms with Gasteiger partial charge in [0.15, 0.2) is 0 Å². The number of hydrogen-bond donors (Lipinski definition) is 1. The Hall–Kier alpha value is -1.42. The van der Waals surface area contributed by atoms with Gasteiger partial charge in [-0.1, -0.05) is 32.0 Å². The summed E-state index contributed by atoms with van der Waals surface area (Å²) < 4.78 is 18.8. The number of carbonyl (C=O) groups excluding carboxylic acids is 1. The number of esters is 1. The molecule has 0 aliphatic heterocycles. The number of halogens is 1. The lowest BCUT2D eigenvalue weighted by atomic mass is 9.83. The van der Waals surface area contributed by atoms with E-state index < -0.39 is 5.54 Å². The van der Waals surface area contributed by atoms with Gasteiger partial charge in [0.1, 0.15) is 5.82 Å². The number of ether oxygens (including phenoxy) is 1. The van der Waals surface area contributed by atoms with Gasteiger partial charge in [0.25, 0.3) is 0 Å². The summed E-state index contributed by atoms with van der Waals surface area (Å²) in [6.07, 6.45) is 1.65. The molecule has 1 atom stereocenters. The summed E-state index contributed by atoms with van der Waals surface area (Å²) in [6, 6.07) is 6.58. The maximum absolute atomic E-state index is 14.1. The molecular formula is C15H22FNO2. The van der Waals surface area contributed by atoms with E-state index >= 15 is 0 Å². The van der Waals surface area contributed by atoms with Gasteiger partial charge in [0.2, 0.25) is 0 Å². The van der Waals surface area contributed by atoms with Crippen molar-refractivity contribution in [2.75, 3.05) is 13.7 Å². The van der Waals surface area contributed by atoms with Gasteiger partial charge in [0, 0.05) is 5.56 Å². The lowest BCUT2D eigenvalue weighted by molar-refractivity contribution is -0.142. The van der Waals surface area contributed by atoms with Crippen LogP contribution in [0, 0.1) is 5.82 Å². The first kappa shape index (κ1) is 15.6. The van der Waals surface area contributed by atoms with E-state index in [-0.39, 0.29) is 18.2 Å². The predicted octanol–water partition coefficient (Wildman–Crippen LogP) is 2.99. The minimum absolute atomic E-state index is 0.126. The molecule has 1 unspecified atom stereocenters. The molecule has 0 saturated heterocycles. The van der Waals surface area contributed by atoms with Crippen molar-refractivity contribution < 1.29 is 13.9 Å². The maximum Gasteiger partial charge on any atom is 0.307 e. The van der Waals surface area contributed by atoms with E-state index in [9.17, 15) is 9.18 Å². The van der Waals surface area contributed by atoms with Gasteiger partial charge >= 0.3 is 5.97 Å². The lowest BCUT2D eigenvalue weighted by Gasteiger charge is -2.34. The minimum atomic E-state index is -0.700. The van der Waals surface area contributed by atoms with Crippen LogP contribution in [0.1, 0.15) is 38.7 Å². The van der Waals surface area contributed by atoms with E-state index in [1.54, 1.807) is 18.2 Å². The Labute approximate surface area is 114 Å². The Morgan fingerprint density at radius 3 is 2.58 bits per heavy atom. The Morgan fingerprint density at radius 2 is 2.05 bits per heavy atom. The zero-order chi connectivity index (χ0) is 14.3. The van der Waals surface area contributed by atoms with E-state index in [0.717, 1.165) is 13.0 Å². The highest BCUT2D eigenvalue weighted by Crippen LogP contribution is 2.31. The fourth-order valence-corrected chi connectivity index (χ4v) is 2.23. The van der Waals surface area contributed by atoms with Crippen LogP contribution in [0.4, 0.5) is 4.39 Å². The number of carbonyl (C=O) groups is 1. The molecule has 0 aliphatic carbocycles. The second kappa shape index (κ2) is 7.24. The molecule has 106 valence electrons. The molecule has 0 spiro atoms. The van der Waals surface area contributed by atoms with E-state index in [2.05, 4.69) is 5.32 Å². The van der Waals surface area contributed by atoms with Crippen molar-refractivity contribution in [2.45, 2.75) is 38.6 Å². The summed E-state index contributed by atoms with van der Waals surface area (Å²) in [4.78, 5) is 11.6. The van der Waals surface area contributed by atoms with Crippen LogP contribution in [-0.4, -0.2) is 19.6 Å². The molecule has 0 aliphatic rings. The van der Waals surface area contributed by atoms with Crippen LogP contribution in [0.15, 0.2) is 24.3 Å². The van der Waals surface area contributed by atoms with E-state index in [1.807, 2.05) is 13.8 Å². The fraction of sp³-hybridized carbons (Fsp3) is 0.533. The fourth-order valence-electron chi connectivity index (χ4n) is 2.23. The molecular weight excluding hydrogens is 245 g/mol. The third kappa shape index (κ3) is 3.77. The van der Waals surface area contributed by atoms with Crippen molar-refractivity contribution in [3.63, 3.8) is 0 Å². The van der Waals surface area contributed by atoms with Gasteiger partial charge in [-0.15, -0.1) is 0 Å². The van der Waals surface area contributed by atoms with E-state index in [4.69, 9.17) is 4.74 Å².